The van der Waals surface area contributed by atoms with Gasteiger partial charge in [0.15, 0.2) is 6.10 Å². The molecule has 0 aliphatic heterocycles. The first-order valence-electron chi connectivity index (χ1n) is 17.0. The molecule has 1 rings (SSSR count). The lowest BCUT2D eigenvalue weighted by Crippen LogP contribution is -2.28. The highest BCUT2D eigenvalue weighted by atomic mass is 16.6. The Morgan fingerprint density at radius 1 is 0.860 bits per heavy atom. The van der Waals surface area contributed by atoms with Crippen LogP contribution in [0.1, 0.15) is 130 Å². The van der Waals surface area contributed by atoms with Gasteiger partial charge in [0.25, 0.3) is 0 Å². The minimum atomic E-state index is -0.883. The van der Waals surface area contributed by atoms with Crippen LogP contribution in [0.2, 0.25) is 0 Å². The summed E-state index contributed by atoms with van der Waals surface area (Å²) in [5.74, 6) is -0.591. The van der Waals surface area contributed by atoms with Crippen molar-refractivity contribution in [1.82, 2.24) is 0 Å². The lowest BCUT2D eigenvalue weighted by atomic mass is 9.89. The van der Waals surface area contributed by atoms with Gasteiger partial charge < -0.3 is 29.9 Å². The Balaban J connectivity index is 2.25. The van der Waals surface area contributed by atoms with E-state index >= 15 is 0 Å². The number of hydrogen-bond acceptors (Lipinski definition) is 8. The van der Waals surface area contributed by atoms with E-state index in [0.717, 1.165) is 44.4 Å². The number of rotatable bonds is 25. The van der Waals surface area contributed by atoms with Gasteiger partial charge in [-0.1, -0.05) is 116 Å². The van der Waals surface area contributed by atoms with Gasteiger partial charge in [-0.2, -0.15) is 0 Å². The molecule has 0 radical (unpaired) electrons. The van der Waals surface area contributed by atoms with Crippen LogP contribution in [0.4, 0.5) is 0 Å². The number of ether oxygens (including phenoxy) is 2. The van der Waals surface area contributed by atoms with Crippen molar-refractivity contribution < 1.29 is 39.5 Å². The van der Waals surface area contributed by atoms with E-state index in [0.29, 0.717) is 12.8 Å². The lowest BCUT2D eigenvalue weighted by Gasteiger charge is -2.19. The van der Waals surface area contributed by atoms with E-state index in [1.807, 2.05) is 6.08 Å². The van der Waals surface area contributed by atoms with Gasteiger partial charge in [0.1, 0.15) is 6.61 Å². The first kappa shape index (κ1) is 39.3. The number of carbonyl (C=O) groups excluding carboxylic acids is 2. The summed E-state index contributed by atoms with van der Waals surface area (Å²) in [6, 6.07) is 0. The third-order valence-electron chi connectivity index (χ3n) is 8.28. The third-order valence-corrected chi connectivity index (χ3v) is 8.28. The van der Waals surface area contributed by atoms with E-state index in [2.05, 4.69) is 20.8 Å². The number of unbranched alkanes of at least 4 members (excludes halogenated alkanes) is 9. The number of hydrogen-bond donors (Lipinski definition) is 4. The largest absolute Gasteiger partial charge is 0.461 e. The second kappa shape index (κ2) is 24.6. The first-order chi connectivity index (χ1) is 20.7. The van der Waals surface area contributed by atoms with Crippen molar-refractivity contribution in [2.45, 2.75) is 154 Å². The summed E-state index contributed by atoms with van der Waals surface area (Å²) in [7, 11) is 0. The number of esters is 2. The maximum absolute atomic E-state index is 12.2. The average Bonchev–Trinajstić information content (AvgIpc) is 3.24. The minimum absolute atomic E-state index is 0.00579. The molecule has 0 aromatic rings. The van der Waals surface area contributed by atoms with Crippen LogP contribution in [0.25, 0.3) is 0 Å². The number of carbonyl (C=O) groups is 2. The van der Waals surface area contributed by atoms with Gasteiger partial charge in [-0.25, -0.2) is 0 Å². The summed E-state index contributed by atoms with van der Waals surface area (Å²) in [5.41, 5.74) is 0. The Morgan fingerprint density at radius 2 is 1.51 bits per heavy atom. The molecule has 4 N–H and O–H groups in total. The van der Waals surface area contributed by atoms with Gasteiger partial charge in [-0.3, -0.25) is 9.59 Å². The smallest absolute Gasteiger partial charge is 0.309 e. The Labute approximate surface area is 260 Å². The molecule has 0 unspecified atom stereocenters. The molecule has 1 saturated carbocycles. The minimum Gasteiger partial charge on any atom is -0.461 e. The quantitative estimate of drug-likeness (QED) is 0.0547. The molecular weight excluding hydrogens is 548 g/mol. The molecule has 8 heteroatoms. The highest BCUT2D eigenvalue weighted by molar-refractivity contribution is 5.71. The van der Waals surface area contributed by atoms with Crippen LogP contribution in [-0.4, -0.2) is 70.0 Å². The Hall–Kier alpha value is -1.74. The SMILES string of the molecule is CCCCC[C@@H](O)/C=C/[C@@H]1[C@H](C/C=C\CC(=O)OC[C@H](CO)OC(=O)CCCCCCCCCCC(C)C)[C@@H](O)C[C@H]1O. The summed E-state index contributed by atoms with van der Waals surface area (Å²) in [6.45, 7) is 6.01. The molecule has 0 aromatic heterocycles. The Kier molecular flexibility index (Phi) is 22.4. The number of aliphatic hydroxyl groups is 4. The summed E-state index contributed by atoms with van der Waals surface area (Å²) < 4.78 is 10.5. The van der Waals surface area contributed by atoms with Crippen LogP contribution in [0, 0.1) is 17.8 Å². The molecular formula is C35H62O8. The molecule has 0 aromatic carbocycles. The van der Waals surface area contributed by atoms with Gasteiger partial charge in [0, 0.05) is 18.8 Å². The molecule has 0 saturated heterocycles. The highest BCUT2D eigenvalue weighted by Crippen LogP contribution is 2.36. The fraction of sp³-hybridized carbons (Fsp3) is 0.829. The van der Waals surface area contributed by atoms with E-state index < -0.39 is 43.0 Å². The van der Waals surface area contributed by atoms with Gasteiger partial charge >= 0.3 is 11.9 Å². The van der Waals surface area contributed by atoms with E-state index in [-0.39, 0.29) is 37.7 Å². The van der Waals surface area contributed by atoms with Crippen LogP contribution in [0.5, 0.6) is 0 Å². The molecule has 0 spiro atoms. The number of aliphatic hydroxyl groups excluding tert-OH is 4. The molecule has 1 aliphatic carbocycles. The van der Waals surface area contributed by atoms with Gasteiger partial charge in [0.05, 0.1) is 31.3 Å². The van der Waals surface area contributed by atoms with Crippen molar-refractivity contribution in [3.63, 3.8) is 0 Å². The Bertz CT molecular complexity index is 780. The van der Waals surface area contributed by atoms with Gasteiger partial charge in [-0.15, -0.1) is 0 Å². The van der Waals surface area contributed by atoms with Crippen molar-refractivity contribution >= 4 is 11.9 Å². The average molecular weight is 611 g/mol. The molecule has 0 amide bonds. The normalized spacial score (nSPS) is 22.0. The van der Waals surface area contributed by atoms with Crippen molar-refractivity contribution in [1.29, 1.82) is 0 Å². The second-order valence-electron chi connectivity index (χ2n) is 12.7. The van der Waals surface area contributed by atoms with Crippen molar-refractivity contribution in [3.05, 3.63) is 24.3 Å². The fourth-order valence-corrected chi connectivity index (χ4v) is 5.59. The van der Waals surface area contributed by atoms with Crippen molar-refractivity contribution in [2.75, 3.05) is 13.2 Å². The molecule has 6 atom stereocenters. The van der Waals surface area contributed by atoms with Crippen LogP contribution in [-0.2, 0) is 19.1 Å². The summed E-state index contributed by atoms with van der Waals surface area (Å²) >= 11 is 0. The van der Waals surface area contributed by atoms with E-state index in [1.54, 1.807) is 18.2 Å². The zero-order valence-electron chi connectivity index (χ0n) is 27.2. The van der Waals surface area contributed by atoms with Crippen LogP contribution in [0.15, 0.2) is 24.3 Å². The van der Waals surface area contributed by atoms with Crippen LogP contribution >= 0.6 is 0 Å². The topological polar surface area (TPSA) is 134 Å². The first-order valence-corrected chi connectivity index (χ1v) is 17.0. The van der Waals surface area contributed by atoms with Gasteiger partial charge in [-0.05, 0) is 31.1 Å². The Morgan fingerprint density at radius 3 is 2.16 bits per heavy atom. The molecule has 1 aliphatic rings. The van der Waals surface area contributed by atoms with Crippen molar-refractivity contribution in [2.24, 2.45) is 17.8 Å². The maximum atomic E-state index is 12.2. The fourth-order valence-electron chi connectivity index (χ4n) is 5.59. The van der Waals surface area contributed by atoms with Crippen LogP contribution < -0.4 is 0 Å². The second-order valence-corrected chi connectivity index (χ2v) is 12.7. The highest BCUT2D eigenvalue weighted by Gasteiger charge is 2.39. The molecule has 8 nitrogen and oxygen atoms in total. The zero-order valence-corrected chi connectivity index (χ0v) is 27.2. The molecule has 0 bridgehead atoms. The van der Waals surface area contributed by atoms with E-state index in [9.17, 15) is 30.0 Å². The summed E-state index contributed by atoms with van der Waals surface area (Å²) in [6.07, 6.45) is 19.5. The predicted octanol–water partition coefficient (Wildman–Crippen LogP) is 6.18. The summed E-state index contributed by atoms with van der Waals surface area (Å²) in [5, 5.41) is 40.5. The zero-order chi connectivity index (χ0) is 31.9. The number of allylic oxidation sites excluding steroid dienone is 1. The molecule has 0 heterocycles. The monoisotopic (exact) mass is 610 g/mol. The molecule has 250 valence electrons. The maximum Gasteiger partial charge on any atom is 0.309 e. The standard InChI is InChI=1S/C35H62O8/c1-4-5-12-18-28(37)22-23-31-30(32(38)24-33(31)39)19-15-16-20-34(40)42-26-29(25-36)43-35(41)21-14-11-9-7-6-8-10-13-17-27(2)3/h15-16,22-23,27-33,36-39H,4-14,17-21,24-26H2,1-3H3/b16-15-,23-22+/t28-,29+,30+,31-,32+,33-/m1/s1. The third kappa shape index (κ3) is 19.3. The van der Waals surface area contributed by atoms with E-state index in [1.165, 1.54) is 38.5 Å². The predicted molar refractivity (Wildman–Crippen MR) is 170 cm³/mol. The molecule has 43 heavy (non-hydrogen) atoms. The lowest BCUT2D eigenvalue weighted by molar-refractivity contribution is -0.161. The van der Waals surface area contributed by atoms with Crippen molar-refractivity contribution in [3.8, 4) is 0 Å². The van der Waals surface area contributed by atoms with Crippen LogP contribution in [0.3, 0.4) is 0 Å². The van der Waals surface area contributed by atoms with Gasteiger partial charge in [0.2, 0.25) is 0 Å². The summed E-state index contributed by atoms with van der Waals surface area (Å²) in [4.78, 5) is 24.3. The molecule has 1 fully saturated rings. The van der Waals surface area contributed by atoms with E-state index in [4.69, 9.17) is 9.47 Å².